The normalized spacial score (nSPS) is 16.0. The van der Waals surface area contributed by atoms with E-state index in [0.29, 0.717) is 35.0 Å². The fourth-order valence-corrected chi connectivity index (χ4v) is 4.00. The predicted molar refractivity (Wildman–Crippen MR) is 125 cm³/mol. The molecule has 1 aliphatic carbocycles. The van der Waals surface area contributed by atoms with Crippen molar-refractivity contribution in [1.82, 2.24) is 9.97 Å². The zero-order valence-corrected chi connectivity index (χ0v) is 17.6. The summed E-state index contributed by atoms with van der Waals surface area (Å²) in [4.78, 5) is 11.4. The number of nitrogens with two attached hydrogens (primary N) is 2. The molecule has 2 aromatic heterocycles. The fraction of sp³-hybridized carbons (Fsp3) is 0.250. The highest BCUT2D eigenvalue weighted by molar-refractivity contribution is 6.15. The van der Waals surface area contributed by atoms with E-state index in [2.05, 4.69) is 9.88 Å². The van der Waals surface area contributed by atoms with Crippen LogP contribution in [0.1, 0.15) is 52.8 Å². The molecule has 0 spiro atoms. The Morgan fingerprint density at radius 1 is 1.19 bits per heavy atom. The van der Waals surface area contributed by atoms with Gasteiger partial charge < -0.3 is 26.2 Å². The SMILES string of the molecule is N=C/C(=C\N)c1ccc(N)c(C(=N)c2ccnc(N3CCc4oc(C5CC5)nc4C3)c2)c1. The molecule has 0 saturated heterocycles. The minimum atomic E-state index is 0.296. The van der Waals surface area contributed by atoms with Gasteiger partial charge >= 0.3 is 0 Å². The zero-order chi connectivity index (χ0) is 22.2. The number of fused-ring (bicyclic) bond motifs is 1. The molecule has 0 amide bonds. The molecule has 1 fully saturated rings. The maximum Gasteiger partial charge on any atom is 0.197 e. The Bertz CT molecular complexity index is 1240. The molecule has 0 bridgehead atoms. The highest BCUT2D eigenvalue weighted by Crippen LogP contribution is 2.41. The Kier molecular flexibility index (Phi) is 4.97. The Morgan fingerprint density at radius 2 is 2.03 bits per heavy atom. The van der Waals surface area contributed by atoms with Crippen molar-refractivity contribution in [2.24, 2.45) is 5.73 Å². The molecular formula is C24H25N7O. The largest absolute Gasteiger partial charge is 0.445 e. The third-order valence-electron chi connectivity index (χ3n) is 6.02. The van der Waals surface area contributed by atoms with Crippen LogP contribution < -0.4 is 16.4 Å². The van der Waals surface area contributed by atoms with Crippen LogP contribution in [0.25, 0.3) is 5.57 Å². The highest BCUT2D eigenvalue weighted by Gasteiger charge is 2.32. The van der Waals surface area contributed by atoms with Crippen molar-refractivity contribution < 1.29 is 4.42 Å². The molecule has 8 nitrogen and oxygen atoms in total. The second kappa shape index (κ2) is 7.96. The minimum absolute atomic E-state index is 0.296. The Balaban J connectivity index is 1.41. The van der Waals surface area contributed by atoms with Crippen molar-refractivity contribution in [1.29, 1.82) is 10.8 Å². The highest BCUT2D eigenvalue weighted by atomic mass is 16.4. The summed E-state index contributed by atoms with van der Waals surface area (Å²) in [6, 6.07) is 9.06. The van der Waals surface area contributed by atoms with Crippen molar-refractivity contribution >= 4 is 29.0 Å². The lowest BCUT2D eigenvalue weighted by Gasteiger charge is -2.26. The molecule has 3 heterocycles. The first kappa shape index (κ1) is 20.0. The number of nitrogens with one attached hydrogen (secondary N) is 2. The summed E-state index contributed by atoms with van der Waals surface area (Å²) < 4.78 is 5.96. The van der Waals surface area contributed by atoms with Crippen molar-refractivity contribution in [2.75, 3.05) is 17.2 Å². The number of oxazole rings is 1. The lowest BCUT2D eigenvalue weighted by atomic mass is 9.97. The van der Waals surface area contributed by atoms with Crippen LogP contribution in [-0.2, 0) is 13.0 Å². The lowest BCUT2D eigenvalue weighted by Crippen LogP contribution is -2.30. The van der Waals surface area contributed by atoms with E-state index in [-0.39, 0.29) is 0 Å². The van der Waals surface area contributed by atoms with E-state index in [4.69, 9.17) is 31.7 Å². The predicted octanol–water partition coefficient (Wildman–Crippen LogP) is 3.46. The summed E-state index contributed by atoms with van der Waals surface area (Å²) in [7, 11) is 0. The molecule has 32 heavy (non-hydrogen) atoms. The summed E-state index contributed by atoms with van der Waals surface area (Å²) in [6.07, 6.45) is 7.41. The van der Waals surface area contributed by atoms with E-state index in [9.17, 15) is 0 Å². The number of nitrogens with zero attached hydrogens (tertiary/aromatic N) is 3. The number of hydrogen-bond acceptors (Lipinski definition) is 8. The number of benzene rings is 1. The van der Waals surface area contributed by atoms with Crippen LogP contribution in [0, 0.1) is 10.8 Å². The summed E-state index contributed by atoms with van der Waals surface area (Å²) in [5.74, 6) is 3.17. The zero-order valence-electron chi connectivity index (χ0n) is 17.6. The van der Waals surface area contributed by atoms with Crippen LogP contribution in [0.3, 0.4) is 0 Å². The van der Waals surface area contributed by atoms with Crippen LogP contribution in [0.15, 0.2) is 47.1 Å². The third-order valence-corrected chi connectivity index (χ3v) is 6.02. The lowest BCUT2D eigenvalue weighted by molar-refractivity contribution is 0.447. The standard InChI is InChI=1S/C24H25N7O/c25-11-17(12-26)15-3-4-19(27)18(9-15)23(28)16-5-7-29-22(10-16)31-8-6-21-20(13-31)30-24(32-21)14-1-2-14/h3-5,7,9-12,14,25,28H,1-2,6,8,13,26-27H2/b17-12+,25-11?,28-23?. The number of hydrogen-bond donors (Lipinski definition) is 4. The number of nitrogen functional groups attached to an aromatic ring is 1. The second-order valence-electron chi connectivity index (χ2n) is 8.21. The monoisotopic (exact) mass is 427 g/mol. The molecule has 1 aromatic carbocycles. The molecule has 5 rings (SSSR count). The van der Waals surface area contributed by atoms with Crippen molar-refractivity contribution in [2.45, 2.75) is 31.7 Å². The molecule has 3 aromatic rings. The molecule has 2 aliphatic rings. The number of aromatic nitrogens is 2. The molecule has 1 aliphatic heterocycles. The summed E-state index contributed by atoms with van der Waals surface area (Å²) in [5.41, 5.74) is 16.2. The van der Waals surface area contributed by atoms with Gasteiger partial charge in [0.05, 0.1) is 12.3 Å². The third kappa shape index (κ3) is 3.64. The molecule has 8 heteroatoms. The van der Waals surface area contributed by atoms with Crippen LogP contribution in [0.4, 0.5) is 11.5 Å². The van der Waals surface area contributed by atoms with Gasteiger partial charge in [-0.3, -0.25) is 5.41 Å². The molecule has 6 N–H and O–H groups in total. The van der Waals surface area contributed by atoms with Gasteiger partial charge in [0.1, 0.15) is 17.3 Å². The van der Waals surface area contributed by atoms with Gasteiger partial charge in [0, 0.05) is 59.9 Å². The van der Waals surface area contributed by atoms with Crippen LogP contribution in [0.2, 0.25) is 0 Å². The Labute approximate surface area is 186 Å². The van der Waals surface area contributed by atoms with Crippen molar-refractivity contribution in [3.63, 3.8) is 0 Å². The van der Waals surface area contributed by atoms with Gasteiger partial charge in [-0.1, -0.05) is 6.07 Å². The van der Waals surface area contributed by atoms with E-state index in [1.54, 1.807) is 24.4 Å². The van der Waals surface area contributed by atoms with Gasteiger partial charge in [0.15, 0.2) is 5.89 Å². The maximum absolute atomic E-state index is 8.79. The van der Waals surface area contributed by atoms with Crippen LogP contribution >= 0.6 is 0 Å². The van der Waals surface area contributed by atoms with Gasteiger partial charge in [0.25, 0.3) is 0 Å². The number of pyridine rings is 1. The summed E-state index contributed by atoms with van der Waals surface area (Å²) in [5, 5.41) is 16.3. The number of allylic oxidation sites excluding steroid dienone is 1. The Morgan fingerprint density at radius 3 is 2.78 bits per heavy atom. The van der Waals surface area contributed by atoms with E-state index >= 15 is 0 Å². The first-order valence-corrected chi connectivity index (χ1v) is 10.7. The quantitative estimate of drug-likeness (QED) is 0.350. The molecule has 162 valence electrons. The molecular weight excluding hydrogens is 402 g/mol. The van der Waals surface area contributed by atoms with Gasteiger partial charge in [-0.2, -0.15) is 0 Å². The van der Waals surface area contributed by atoms with E-state index < -0.39 is 0 Å². The topological polar surface area (TPSA) is 142 Å². The summed E-state index contributed by atoms with van der Waals surface area (Å²) >= 11 is 0. The van der Waals surface area contributed by atoms with E-state index in [1.807, 2.05) is 12.1 Å². The van der Waals surface area contributed by atoms with Crippen molar-refractivity contribution in [3.05, 3.63) is 76.8 Å². The van der Waals surface area contributed by atoms with E-state index in [1.165, 1.54) is 25.3 Å². The first-order valence-electron chi connectivity index (χ1n) is 10.7. The summed E-state index contributed by atoms with van der Waals surface area (Å²) in [6.45, 7) is 1.44. The number of anilines is 2. The average molecular weight is 428 g/mol. The Hall–Kier alpha value is -3.94. The van der Waals surface area contributed by atoms with Crippen LogP contribution in [-0.4, -0.2) is 28.4 Å². The smallest absolute Gasteiger partial charge is 0.197 e. The van der Waals surface area contributed by atoms with Gasteiger partial charge in [-0.15, -0.1) is 0 Å². The molecule has 1 saturated carbocycles. The minimum Gasteiger partial charge on any atom is -0.445 e. The van der Waals surface area contributed by atoms with Crippen molar-refractivity contribution in [3.8, 4) is 0 Å². The number of rotatable bonds is 6. The maximum atomic E-state index is 8.79. The van der Waals surface area contributed by atoms with Gasteiger partial charge in [-0.25, -0.2) is 9.97 Å². The second-order valence-corrected chi connectivity index (χ2v) is 8.21. The fourth-order valence-electron chi connectivity index (χ4n) is 4.00. The van der Waals surface area contributed by atoms with Crippen LogP contribution in [0.5, 0.6) is 0 Å². The van der Waals surface area contributed by atoms with E-state index in [0.717, 1.165) is 47.3 Å². The molecule has 0 atom stereocenters. The first-order chi connectivity index (χ1) is 15.6. The molecule has 0 unspecified atom stereocenters. The average Bonchev–Trinajstić information content (AvgIpc) is 3.59. The molecule has 0 radical (unpaired) electrons. The van der Waals surface area contributed by atoms with Gasteiger partial charge in [-0.05, 0) is 42.7 Å². The van der Waals surface area contributed by atoms with Gasteiger partial charge in [0.2, 0.25) is 0 Å².